The van der Waals surface area contributed by atoms with Crippen LogP contribution in [0.2, 0.25) is 0 Å². The summed E-state index contributed by atoms with van der Waals surface area (Å²) >= 11 is 1.58. The minimum atomic E-state index is 0.123. The summed E-state index contributed by atoms with van der Waals surface area (Å²) in [5, 5.41) is 0. The zero-order chi connectivity index (χ0) is 17.2. The van der Waals surface area contributed by atoms with Gasteiger partial charge in [-0.2, -0.15) is 0 Å². The van der Waals surface area contributed by atoms with Crippen LogP contribution in [0, 0.1) is 0 Å². The Morgan fingerprint density at radius 2 is 2.16 bits per heavy atom. The molecule has 0 radical (unpaired) electrons. The van der Waals surface area contributed by atoms with Crippen LogP contribution in [0.3, 0.4) is 0 Å². The fourth-order valence-corrected chi connectivity index (χ4v) is 3.99. The van der Waals surface area contributed by atoms with Crippen LogP contribution in [0.15, 0.2) is 36.2 Å². The van der Waals surface area contributed by atoms with Crippen LogP contribution in [0.25, 0.3) is 10.2 Å². The summed E-state index contributed by atoms with van der Waals surface area (Å²) in [4.78, 5) is 25.7. The van der Waals surface area contributed by atoms with Gasteiger partial charge in [-0.05, 0) is 24.6 Å². The molecule has 1 aliphatic heterocycles. The van der Waals surface area contributed by atoms with E-state index in [1.807, 2.05) is 48.2 Å². The predicted molar refractivity (Wildman–Crippen MR) is 98.6 cm³/mol. The third kappa shape index (κ3) is 3.43. The molecule has 0 spiro atoms. The Balaban J connectivity index is 1.43. The normalized spacial score (nSPS) is 16.3. The second kappa shape index (κ2) is 6.93. The summed E-state index contributed by atoms with van der Waals surface area (Å²) in [5.41, 5.74) is 4.74. The van der Waals surface area contributed by atoms with Crippen molar-refractivity contribution >= 4 is 27.5 Å². The number of carbonyl (C=O) groups excluding carboxylic acids is 1. The lowest BCUT2D eigenvalue weighted by Gasteiger charge is -2.22. The second-order valence-electron chi connectivity index (χ2n) is 6.45. The van der Waals surface area contributed by atoms with E-state index in [-0.39, 0.29) is 5.91 Å². The number of thiazole rings is 1. The Kier molecular flexibility index (Phi) is 4.50. The van der Waals surface area contributed by atoms with Crippen molar-refractivity contribution < 1.29 is 4.79 Å². The largest absolute Gasteiger partial charge is 0.337 e. The lowest BCUT2D eigenvalue weighted by Crippen LogP contribution is -2.35. The van der Waals surface area contributed by atoms with E-state index in [0.29, 0.717) is 0 Å². The van der Waals surface area contributed by atoms with Crippen molar-refractivity contribution in [3.8, 4) is 0 Å². The lowest BCUT2D eigenvalue weighted by atomic mass is 10.2. The van der Waals surface area contributed by atoms with Gasteiger partial charge in [-0.15, -0.1) is 11.3 Å². The molecule has 7 heteroatoms. The maximum atomic E-state index is 12.9. The van der Waals surface area contributed by atoms with Crippen LogP contribution in [0.1, 0.15) is 22.5 Å². The fourth-order valence-electron chi connectivity index (χ4n) is 3.27. The maximum Gasteiger partial charge on any atom is 0.253 e. The molecular formula is C18H21N5OS. The van der Waals surface area contributed by atoms with Crippen LogP contribution in [0.5, 0.6) is 0 Å². The highest BCUT2D eigenvalue weighted by atomic mass is 32.1. The first kappa shape index (κ1) is 16.2. The van der Waals surface area contributed by atoms with Gasteiger partial charge in [0.2, 0.25) is 0 Å². The highest BCUT2D eigenvalue weighted by Crippen LogP contribution is 2.20. The third-order valence-corrected chi connectivity index (χ3v) is 5.55. The molecule has 0 saturated carbocycles. The van der Waals surface area contributed by atoms with Gasteiger partial charge < -0.3 is 9.47 Å². The molecule has 1 saturated heterocycles. The van der Waals surface area contributed by atoms with Gasteiger partial charge in [-0.3, -0.25) is 9.69 Å². The van der Waals surface area contributed by atoms with Gasteiger partial charge in [0.05, 0.1) is 27.7 Å². The molecule has 1 fully saturated rings. The van der Waals surface area contributed by atoms with Gasteiger partial charge in [-0.1, -0.05) is 0 Å². The molecule has 0 unspecified atom stereocenters. The van der Waals surface area contributed by atoms with Crippen LogP contribution < -0.4 is 0 Å². The molecule has 4 rings (SSSR count). The Morgan fingerprint density at radius 1 is 1.24 bits per heavy atom. The third-order valence-electron chi connectivity index (χ3n) is 4.76. The number of carbonyl (C=O) groups is 1. The number of amides is 1. The van der Waals surface area contributed by atoms with Crippen molar-refractivity contribution in [2.75, 3.05) is 26.2 Å². The van der Waals surface area contributed by atoms with Gasteiger partial charge in [0.1, 0.15) is 0 Å². The number of aromatic nitrogens is 3. The minimum absolute atomic E-state index is 0.123. The number of hydrogen-bond acceptors (Lipinski definition) is 5. The van der Waals surface area contributed by atoms with Gasteiger partial charge in [0, 0.05) is 51.5 Å². The summed E-state index contributed by atoms with van der Waals surface area (Å²) in [7, 11) is 2.02. The number of rotatable bonds is 3. The van der Waals surface area contributed by atoms with E-state index in [1.165, 1.54) is 5.69 Å². The van der Waals surface area contributed by atoms with Crippen molar-refractivity contribution in [1.82, 2.24) is 24.3 Å². The molecular weight excluding hydrogens is 334 g/mol. The molecule has 0 atom stereocenters. The Labute approximate surface area is 150 Å². The molecule has 1 amide bonds. The summed E-state index contributed by atoms with van der Waals surface area (Å²) < 4.78 is 3.12. The van der Waals surface area contributed by atoms with Crippen LogP contribution in [-0.4, -0.2) is 56.4 Å². The van der Waals surface area contributed by atoms with Gasteiger partial charge >= 0.3 is 0 Å². The number of imidazole rings is 1. The second-order valence-corrected chi connectivity index (χ2v) is 7.34. The Bertz CT molecular complexity index is 886. The van der Waals surface area contributed by atoms with E-state index < -0.39 is 0 Å². The first-order chi connectivity index (χ1) is 12.2. The zero-order valence-corrected chi connectivity index (χ0v) is 15.1. The monoisotopic (exact) mass is 355 g/mol. The molecule has 1 aliphatic rings. The van der Waals surface area contributed by atoms with Crippen molar-refractivity contribution in [3.05, 3.63) is 47.5 Å². The van der Waals surface area contributed by atoms with Crippen molar-refractivity contribution in [3.63, 3.8) is 0 Å². The minimum Gasteiger partial charge on any atom is -0.337 e. The number of aryl methyl sites for hydroxylation is 1. The van der Waals surface area contributed by atoms with Crippen LogP contribution in [-0.2, 0) is 13.6 Å². The van der Waals surface area contributed by atoms with E-state index in [1.54, 1.807) is 11.3 Å². The van der Waals surface area contributed by atoms with E-state index in [2.05, 4.69) is 19.4 Å². The van der Waals surface area contributed by atoms with E-state index in [4.69, 9.17) is 0 Å². The Hall–Kier alpha value is -2.25. The van der Waals surface area contributed by atoms with Crippen molar-refractivity contribution in [2.24, 2.45) is 7.05 Å². The van der Waals surface area contributed by atoms with Gasteiger partial charge in [0.25, 0.3) is 5.91 Å². The zero-order valence-electron chi connectivity index (χ0n) is 14.3. The molecule has 6 nitrogen and oxygen atoms in total. The molecule has 3 aromatic rings. The van der Waals surface area contributed by atoms with Crippen LogP contribution >= 0.6 is 11.3 Å². The topological polar surface area (TPSA) is 54.3 Å². The molecule has 2 aromatic heterocycles. The molecule has 0 bridgehead atoms. The average molecular weight is 355 g/mol. The summed E-state index contributed by atoms with van der Waals surface area (Å²) in [6.45, 7) is 4.34. The summed E-state index contributed by atoms with van der Waals surface area (Å²) in [5.74, 6) is 0.123. The highest BCUT2D eigenvalue weighted by Gasteiger charge is 2.21. The van der Waals surface area contributed by atoms with Gasteiger partial charge in [-0.25, -0.2) is 9.97 Å². The number of fused-ring (bicyclic) bond motifs is 1. The number of hydrogen-bond donors (Lipinski definition) is 0. The highest BCUT2D eigenvalue weighted by molar-refractivity contribution is 7.16. The standard InChI is InChI=1S/C18H21N5OS/c1-21-12-19-10-15(21)11-22-5-2-6-23(8-7-22)18(24)14-3-4-16-17(9-14)25-13-20-16/h3-4,9-10,12-13H,2,5-8,11H2,1H3. The summed E-state index contributed by atoms with van der Waals surface area (Å²) in [6, 6.07) is 5.79. The molecule has 1 aromatic carbocycles. The van der Waals surface area contributed by atoms with Crippen molar-refractivity contribution in [2.45, 2.75) is 13.0 Å². The van der Waals surface area contributed by atoms with E-state index in [9.17, 15) is 4.79 Å². The van der Waals surface area contributed by atoms with E-state index in [0.717, 1.165) is 54.9 Å². The SMILES string of the molecule is Cn1cncc1CN1CCCN(C(=O)c2ccc3ncsc3c2)CC1. The fraction of sp³-hybridized carbons (Fsp3) is 0.389. The number of nitrogens with zero attached hydrogens (tertiary/aromatic N) is 5. The first-order valence-electron chi connectivity index (χ1n) is 8.51. The molecule has 0 N–H and O–H groups in total. The smallest absolute Gasteiger partial charge is 0.253 e. The molecule has 25 heavy (non-hydrogen) atoms. The van der Waals surface area contributed by atoms with Gasteiger partial charge in [0.15, 0.2) is 0 Å². The molecule has 3 heterocycles. The lowest BCUT2D eigenvalue weighted by molar-refractivity contribution is 0.0761. The van der Waals surface area contributed by atoms with Crippen molar-refractivity contribution in [1.29, 1.82) is 0 Å². The molecule has 130 valence electrons. The maximum absolute atomic E-state index is 12.9. The first-order valence-corrected chi connectivity index (χ1v) is 9.39. The average Bonchev–Trinajstić information content (AvgIpc) is 3.18. The van der Waals surface area contributed by atoms with Crippen LogP contribution in [0.4, 0.5) is 0 Å². The predicted octanol–water partition coefficient (Wildman–Crippen LogP) is 2.38. The summed E-state index contributed by atoms with van der Waals surface area (Å²) in [6.07, 6.45) is 4.74. The number of benzene rings is 1. The van der Waals surface area contributed by atoms with E-state index >= 15 is 0 Å². The quantitative estimate of drug-likeness (QED) is 0.724. The molecule has 0 aliphatic carbocycles. The Morgan fingerprint density at radius 3 is 3.00 bits per heavy atom.